The summed E-state index contributed by atoms with van der Waals surface area (Å²) in [5.74, 6) is 3.57. The van der Waals surface area contributed by atoms with Crippen LogP contribution in [0, 0.1) is 23.7 Å². The van der Waals surface area contributed by atoms with Crippen molar-refractivity contribution in [2.45, 2.75) is 0 Å². The summed E-state index contributed by atoms with van der Waals surface area (Å²) in [6.45, 7) is 0.198. The molecule has 0 bridgehead atoms. The van der Waals surface area contributed by atoms with E-state index in [9.17, 15) is 0 Å². The van der Waals surface area contributed by atoms with Crippen molar-refractivity contribution in [3.05, 3.63) is 29.8 Å². The minimum Gasteiger partial charge on any atom is -0.493 e. The van der Waals surface area contributed by atoms with Gasteiger partial charge in [0, 0.05) is 6.08 Å². The van der Waals surface area contributed by atoms with Gasteiger partial charge < -0.3 is 9.47 Å². The first kappa shape index (κ1) is 11.7. The molecule has 0 N–H and O–H groups in total. The number of nitrogens with zero attached hydrogens (tertiary/aromatic N) is 1. The Kier molecular flexibility index (Phi) is 4.50. The summed E-state index contributed by atoms with van der Waals surface area (Å²) in [7, 11) is 1.55. The van der Waals surface area contributed by atoms with E-state index in [1.165, 1.54) is 6.08 Å². The Bertz CT molecular complexity index is 464. The van der Waals surface area contributed by atoms with E-state index in [2.05, 4.69) is 5.92 Å². The fourth-order valence-electron chi connectivity index (χ4n) is 1.16. The maximum absolute atomic E-state index is 8.41. The van der Waals surface area contributed by atoms with Crippen LogP contribution < -0.4 is 9.47 Å². The molecule has 0 atom stereocenters. The average Bonchev–Trinajstić information content (AvgIpc) is 2.34. The highest BCUT2D eigenvalue weighted by atomic mass is 16.5. The number of terminal acetylenes is 1. The normalized spacial score (nSPS) is 9.44. The highest BCUT2D eigenvalue weighted by Gasteiger charge is 2.03. The van der Waals surface area contributed by atoms with Crippen LogP contribution in [-0.4, -0.2) is 13.7 Å². The van der Waals surface area contributed by atoms with E-state index < -0.39 is 0 Å². The predicted octanol–water partition coefficient (Wildman–Crippen LogP) is 2.24. The summed E-state index contributed by atoms with van der Waals surface area (Å²) in [5.41, 5.74) is 0.867. The lowest BCUT2D eigenvalue weighted by Crippen LogP contribution is -1.96. The van der Waals surface area contributed by atoms with Crippen LogP contribution in [0.3, 0.4) is 0 Å². The van der Waals surface area contributed by atoms with Gasteiger partial charge in [0.1, 0.15) is 6.61 Å². The third kappa shape index (κ3) is 3.08. The van der Waals surface area contributed by atoms with Crippen molar-refractivity contribution in [2.24, 2.45) is 0 Å². The van der Waals surface area contributed by atoms with Crippen LogP contribution in [0.25, 0.3) is 6.08 Å². The Labute approximate surface area is 94.9 Å². The first-order valence-corrected chi connectivity index (χ1v) is 4.62. The van der Waals surface area contributed by atoms with Crippen LogP contribution in [0.15, 0.2) is 24.3 Å². The van der Waals surface area contributed by atoms with E-state index in [0.717, 1.165) is 5.56 Å². The van der Waals surface area contributed by atoms with Crippen molar-refractivity contribution < 1.29 is 9.47 Å². The van der Waals surface area contributed by atoms with Gasteiger partial charge in [-0.2, -0.15) is 5.26 Å². The van der Waals surface area contributed by atoms with Gasteiger partial charge in [0.25, 0.3) is 0 Å². The predicted molar refractivity (Wildman–Crippen MR) is 62.0 cm³/mol. The molecular weight excluding hydrogens is 202 g/mol. The Morgan fingerprint density at radius 2 is 2.25 bits per heavy atom. The molecule has 3 heteroatoms. The third-order valence-electron chi connectivity index (χ3n) is 1.85. The zero-order valence-electron chi connectivity index (χ0n) is 8.93. The number of nitriles is 1. The molecule has 0 unspecified atom stereocenters. The van der Waals surface area contributed by atoms with Crippen LogP contribution in [-0.2, 0) is 0 Å². The van der Waals surface area contributed by atoms with E-state index >= 15 is 0 Å². The van der Waals surface area contributed by atoms with E-state index in [-0.39, 0.29) is 6.61 Å². The number of allylic oxidation sites excluding steroid dienone is 1. The highest BCUT2D eigenvalue weighted by Crippen LogP contribution is 2.28. The molecule has 0 fully saturated rings. The molecule has 1 rings (SSSR count). The van der Waals surface area contributed by atoms with Gasteiger partial charge in [-0.3, -0.25) is 0 Å². The monoisotopic (exact) mass is 213 g/mol. The number of rotatable bonds is 4. The average molecular weight is 213 g/mol. The lowest BCUT2D eigenvalue weighted by molar-refractivity contribution is 0.331. The molecule has 3 nitrogen and oxygen atoms in total. The van der Waals surface area contributed by atoms with Crippen molar-refractivity contribution in [3.63, 3.8) is 0 Å². The second-order valence-corrected chi connectivity index (χ2v) is 2.87. The number of methoxy groups -OCH3 is 1. The largest absolute Gasteiger partial charge is 0.493 e. The number of benzene rings is 1. The molecular formula is C13H11NO2. The van der Waals surface area contributed by atoms with Gasteiger partial charge in [-0.1, -0.05) is 12.0 Å². The van der Waals surface area contributed by atoms with Gasteiger partial charge in [-0.25, -0.2) is 0 Å². The van der Waals surface area contributed by atoms with Gasteiger partial charge in [-0.05, 0) is 23.8 Å². The van der Waals surface area contributed by atoms with Crippen molar-refractivity contribution >= 4 is 6.08 Å². The van der Waals surface area contributed by atoms with Crippen molar-refractivity contribution in [1.29, 1.82) is 5.26 Å². The fraction of sp³-hybridized carbons (Fsp3) is 0.154. The zero-order chi connectivity index (χ0) is 11.8. The van der Waals surface area contributed by atoms with Crippen LogP contribution in [0.4, 0.5) is 0 Å². The minimum atomic E-state index is 0.198. The van der Waals surface area contributed by atoms with Crippen LogP contribution in [0.5, 0.6) is 11.5 Å². The second kappa shape index (κ2) is 6.16. The molecule has 0 aromatic heterocycles. The van der Waals surface area contributed by atoms with Crippen LogP contribution in [0.2, 0.25) is 0 Å². The standard InChI is InChI=1S/C13H11NO2/c1-3-9-16-12-7-6-11(5-4-8-14)10-13(12)15-2/h1,4-7,10H,9H2,2H3/b5-4+. The molecule has 0 aliphatic carbocycles. The van der Waals surface area contributed by atoms with Gasteiger partial charge >= 0.3 is 0 Å². The molecule has 0 spiro atoms. The first-order valence-electron chi connectivity index (χ1n) is 4.62. The summed E-state index contributed by atoms with van der Waals surface area (Å²) in [5, 5.41) is 8.41. The van der Waals surface area contributed by atoms with E-state index in [4.69, 9.17) is 21.2 Å². The molecule has 1 aromatic rings. The third-order valence-corrected chi connectivity index (χ3v) is 1.85. The molecule has 1 aromatic carbocycles. The molecule has 0 saturated heterocycles. The molecule has 0 saturated carbocycles. The summed E-state index contributed by atoms with van der Waals surface area (Å²) < 4.78 is 10.4. The summed E-state index contributed by atoms with van der Waals surface area (Å²) in [6.07, 6.45) is 8.19. The lowest BCUT2D eigenvalue weighted by Gasteiger charge is -2.08. The Morgan fingerprint density at radius 3 is 2.88 bits per heavy atom. The maximum atomic E-state index is 8.41. The fourth-order valence-corrected chi connectivity index (χ4v) is 1.16. The summed E-state index contributed by atoms with van der Waals surface area (Å²) >= 11 is 0. The minimum absolute atomic E-state index is 0.198. The van der Waals surface area contributed by atoms with Gasteiger partial charge in [-0.15, -0.1) is 6.42 Å². The Balaban J connectivity index is 2.94. The first-order chi connectivity index (χ1) is 7.81. The van der Waals surface area contributed by atoms with E-state index in [1.54, 1.807) is 25.3 Å². The SMILES string of the molecule is C#CCOc1ccc(/C=C/C#N)cc1OC. The highest BCUT2D eigenvalue weighted by molar-refractivity contribution is 5.57. The summed E-state index contributed by atoms with van der Waals surface area (Å²) in [6, 6.07) is 7.28. The number of hydrogen-bond donors (Lipinski definition) is 0. The van der Waals surface area contributed by atoms with Crippen molar-refractivity contribution in [3.8, 4) is 29.9 Å². The quantitative estimate of drug-likeness (QED) is 0.569. The molecule has 80 valence electrons. The van der Waals surface area contributed by atoms with Crippen LogP contribution in [0.1, 0.15) is 5.56 Å². The molecule has 0 heterocycles. The van der Waals surface area contributed by atoms with Crippen LogP contribution >= 0.6 is 0 Å². The zero-order valence-corrected chi connectivity index (χ0v) is 8.93. The lowest BCUT2D eigenvalue weighted by atomic mass is 10.2. The second-order valence-electron chi connectivity index (χ2n) is 2.87. The van der Waals surface area contributed by atoms with Crippen molar-refractivity contribution in [2.75, 3.05) is 13.7 Å². The molecule has 16 heavy (non-hydrogen) atoms. The number of ether oxygens (including phenoxy) is 2. The molecule has 0 amide bonds. The Morgan fingerprint density at radius 1 is 1.44 bits per heavy atom. The van der Waals surface area contributed by atoms with Gasteiger partial charge in [0.15, 0.2) is 11.5 Å². The van der Waals surface area contributed by atoms with E-state index in [0.29, 0.717) is 11.5 Å². The van der Waals surface area contributed by atoms with E-state index in [1.807, 2.05) is 12.1 Å². The van der Waals surface area contributed by atoms with Gasteiger partial charge in [0.2, 0.25) is 0 Å². The number of hydrogen-bond acceptors (Lipinski definition) is 3. The summed E-state index contributed by atoms with van der Waals surface area (Å²) in [4.78, 5) is 0. The smallest absolute Gasteiger partial charge is 0.162 e. The van der Waals surface area contributed by atoms with Crippen molar-refractivity contribution in [1.82, 2.24) is 0 Å². The topological polar surface area (TPSA) is 42.2 Å². The van der Waals surface area contributed by atoms with Gasteiger partial charge in [0.05, 0.1) is 13.2 Å². The maximum Gasteiger partial charge on any atom is 0.162 e. The Hall–Kier alpha value is -2.39. The molecule has 0 aliphatic rings. The molecule has 0 aliphatic heterocycles. The molecule has 0 radical (unpaired) electrons.